The maximum absolute atomic E-state index is 5.36. The van der Waals surface area contributed by atoms with Gasteiger partial charge in [0.05, 0.1) is 0 Å². The molecule has 0 bridgehead atoms. The van der Waals surface area contributed by atoms with Gasteiger partial charge >= 0.3 is 0 Å². The van der Waals surface area contributed by atoms with Crippen LogP contribution in [-0.4, -0.2) is 30.5 Å². The van der Waals surface area contributed by atoms with Gasteiger partial charge in [-0.2, -0.15) is 24.4 Å². The number of hydrogen-bond acceptors (Lipinski definition) is 3. The van der Waals surface area contributed by atoms with Crippen molar-refractivity contribution in [3.8, 4) is 0 Å². The Morgan fingerprint density at radius 3 is 2.58 bits per heavy atom. The van der Waals surface area contributed by atoms with Crippen LogP contribution in [0.2, 0.25) is 0 Å². The van der Waals surface area contributed by atoms with Crippen LogP contribution >= 0.6 is 24.4 Å². The van der Waals surface area contributed by atoms with Crippen LogP contribution in [-0.2, 0) is 4.74 Å². The van der Waals surface area contributed by atoms with Gasteiger partial charge in [0.15, 0.2) is 0 Å². The zero-order valence-electron chi connectivity index (χ0n) is 7.71. The Morgan fingerprint density at radius 2 is 2.08 bits per heavy atom. The maximum atomic E-state index is 5.36. The van der Waals surface area contributed by atoms with Gasteiger partial charge in [0.25, 0.3) is 0 Å². The second-order valence-corrected chi connectivity index (χ2v) is 5.00. The highest BCUT2D eigenvalue weighted by Crippen LogP contribution is 2.34. The summed E-state index contributed by atoms with van der Waals surface area (Å²) in [6, 6.07) is 0. The normalized spacial score (nSPS) is 22.5. The number of thiol groups is 1. The first kappa shape index (κ1) is 10.7. The molecule has 0 aromatic rings. The Labute approximate surface area is 85.0 Å². The van der Waals surface area contributed by atoms with Crippen molar-refractivity contribution in [2.24, 2.45) is 5.41 Å². The first-order chi connectivity index (χ1) is 5.83. The lowest BCUT2D eigenvalue weighted by Crippen LogP contribution is -2.33. The lowest BCUT2D eigenvalue weighted by atomic mass is 9.84. The third kappa shape index (κ3) is 2.86. The summed E-state index contributed by atoms with van der Waals surface area (Å²) in [5.74, 6) is 3.50. The third-order valence-corrected chi connectivity index (χ3v) is 4.40. The predicted molar refractivity (Wildman–Crippen MR) is 59.3 cm³/mol. The standard InChI is InChI=1S/C9H18OS2/c1-2-12-8-9(7-11)3-5-10-6-4-9/h11H,2-8H2,1H3. The molecule has 1 saturated heterocycles. The Balaban J connectivity index is 2.37. The number of thioether (sulfide) groups is 1. The fraction of sp³-hybridized carbons (Fsp3) is 1.00. The molecule has 0 aromatic carbocycles. The fourth-order valence-electron chi connectivity index (χ4n) is 1.47. The molecule has 1 nitrogen and oxygen atoms in total. The molecule has 1 aliphatic heterocycles. The second kappa shape index (κ2) is 5.40. The molecule has 72 valence electrons. The molecule has 0 N–H and O–H groups in total. The summed E-state index contributed by atoms with van der Waals surface area (Å²) >= 11 is 6.49. The lowest BCUT2D eigenvalue weighted by molar-refractivity contribution is 0.0371. The molecule has 0 aromatic heterocycles. The summed E-state index contributed by atoms with van der Waals surface area (Å²) in [6.07, 6.45) is 2.40. The topological polar surface area (TPSA) is 9.23 Å². The van der Waals surface area contributed by atoms with Crippen LogP contribution in [0, 0.1) is 5.41 Å². The third-order valence-electron chi connectivity index (χ3n) is 2.50. The molecule has 0 saturated carbocycles. The summed E-state index contributed by atoms with van der Waals surface area (Å²) in [5.41, 5.74) is 0.474. The van der Waals surface area contributed by atoms with Crippen molar-refractivity contribution in [3.05, 3.63) is 0 Å². The maximum Gasteiger partial charge on any atom is 0.0471 e. The van der Waals surface area contributed by atoms with Gasteiger partial charge < -0.3 is 4.74 Å². The summed E-state index contributed by atoms with van der Waals surface area (Å²) < 4.78 is 5.36. The van der Waals surface area contributed by atoms with Crippen LogP contribution in [0.4, 0.5) is 0 Å². The molecule has 3 heteroatoms. The van der Waals surface area contributed by atoms with E-state index >= 15 is 0 Å². The second-order valence-electron chi connectivity index (χ2n) is 3.41. The van der Waals surface area contributed by atoms with Gasteiger partial charge in [-0.3, -0.25) is 0 Å². The van der Waals surface area contributed by atoms with Gasteiger partial charge in [-0.25, -0.2) is 0 Å². The van der Waals surface area contributed by atoms with Crippen molar-refractivity contribution < 1.29 is 4.74 Å². The quantitative estimate of drug-likeness (QED) is 0.708. The monoisotopic (exact) mass is 206 g/mol. The van der Waals surface area contributed by atoms with Crippen molar-refractivity contribution in [1.29, 1.82) is 0 Å². The van der Waals surface area contributed by atoms with Crippen LogP contribution < -0.4 is 0 Å². The molecule has 0 spiro atoms. The van der Waals surface area contributed by atoms with E-state index in [0.29, 0.717) is 5.41 Å². The van der Waals surface area contributed by atoms with E-state index in [4.69, 9.17) is 4.74 Å². The largest absolute Gasteiger partial charge is 0.381 e. The average molecular weight is 206 g/mol. The highest BCUT2D eigenvalue weighted by atomic mass is 32.2. The van der Waals surface area contributed by atoms with Crippen LogP contribution in [0.15, 0.2) is 0 Å². The molecule has 1 aliphatic rings. The first-order valence-corrected chi connectivity index (χ1v) is 6.38. The van der Waals surface area contributed by atoms with Gasteiger partial charge in [0.2, 0.25) is 0 Å². The zero-order chi connectivity index (χ0) is 8.86. The van der Waals surface area contributed by atoms with Crippen LogP contribution in [0.1, 0.15) is 19.8 Å². The van der Waals surface area contributed by atoms with Gasteiger partial charge in [-0.1, -0.05) is 6.92 Å². The SMILES string of the molecule is CCSCC1(CS)CCOCC1. The van der Waals surface area contributed by atoms with E-state index in [9.17, 15) is 0 Å². The van der Waals surface area contributed by atoms with Crippen LogP contribution in [0.5, 0.6) is 0 Å². The van der Waals surface area contributed by atoms with Crippen LogP contribution in [0.3, 0.4) is 0 Å². The lowest BCUT2D eigenvalue weighted by Gasteiger charge is -2.35. The van der Waals surface area contributed by atoms with Gasteiger partial charge in [-0.05, 0) is 35.5 Å². The summed E-state index contributed by atoms with van der Waals surface area (Å²) in [5, 5.41) is 0. The Morgan fingerprint density at radius 1 is 1.42 bits per heavy atom. The molecule has 0 aliphatic carbocycles. The van der Waals surface area contributed by atoms with E-state index in [-0.39, 0.29) is 0 Å². The highest BCUT2D eigenvalue weighted by Gasteiger charge is 2.30. The minimum absolute atomic E-state index is 0.474. The fourth-order valence-corrected chi connectivity index (χ4v) is 3.08. The van der Waals surface area contributed by atoms with Crippen molar-refractivity contribution in [3.63, 3.8) is 0 Å². The van der Waals surface area contributed by atoms with Crippen molar-refractivity contribution in [1.82, 2.24) is 0 Å². The molecule has 0 atom stereocenters. The van der Waals surface area contributed by atoms with Crippen LogP contribution in [0.25, 0.3) is 0 Å². The number of rotatable bonds is 4. The van der Waals surface area contributed by atoms with Gasteiger partial charge in [0.1, 0.15) is 0 Å². The minimum Gasteiger partial charge on any atom is -0.381 e. The van der Waals surface area contributed by atoms with Crippen molar-refractivity contribution >= 4 is 24.4 Å². The molecular weight excluding hydrogens is 188 g/mol. The molecular formula is C9H18OS2. The zero-order valence-corrected chi connectivity index (χ0v) is 9.42. The van der Waals surface area contributed by atoms with Crippen molar-refractivity contribution in [2.45, 2.75) is 19.8 Å². The Hall–Kier alpha value is 0.660. The van der Waals surface area contributed by atoms with E-state index in [1.807, 2.05) is 11.8 Å². The van der Waals surface area contributed by atoms with E-state index in [0.717, 1.165) is 19.0 Å². The van der Waals surface area contributed by atoms with E-state index < -0.39 is 0 Å². The molecule has 0 unspecified atom stereocenters. The molecule has 12 heavy (non-hydrogen) atoms. The van der Waals surface area contributed by atoms with E-state index in [1.165, 1.54) is 24.3 Å². The highest BCUT2D eigenvalue weighted by molar-refractivity contribution is 7.99. The number of ether oxygens (including phenoxy) is 1. The predicted octanol–water partition coefficient (Wildman–Crippen LogP) is 2.47. The van der Waals surface area contributed by atoms with Crippen molar-refractivity contribution in [2.75, 3.05) is 30.5 Å². The minimum atomic E-state index is 0.474. The first-order valence-electron chi connectivity index (χ1n) is 4.59. The molecule has 1 fully saturated rings. The summed E-state index contributed by atoms with van der Waals surface area (Å²) in [7, 11) is 0. The molecule has 0 radical (unpaired) electrons. The average Bonchev–Trinajstić information content (AvgIpc) is 2.16. The molecule has 0 amide bonds. The van der Waals surface area contributed by atoms with Gasteiger partial charge in [0, 0.05) is 13.2 Å². The molecule has 1 heterocycles. The Kier molecular flexibility index (Phi) is 4.84. The van der Waals surface area contributed by atoms with Gasteiger partial charge in [-0.15, -0.1) is 0 Å². The molecule has 1 rings (SSSR count). The summed E-state index contributed by atoms with van der Waals surface area (Å²) in [4.78, 5) is 0. The smallest absolute Gasteiger partial charge is 0.0471 e. The van der Waals surface area contributed by atoms with E-state index in [2.05, 4.69) is 19.6 Å². The Bertz CT molecular complexity index is 122. The number of hydrogen-bond donors (Lipinski definition) is 1. The van der Waals surface area contributed by atoms with E-state index in [1.54, 1.807) is 0 Å². The summed E-state index contributed by atoms with van der Waals surface area (Å²) in [6.45, 7) is 4.09.